The van der Waals surface area contributed by atoms with Crippen LogP contribution in [0.3, 0.4) is 0 Å². The summed E-state index contributed by atoms with van der Waals surface area (Å²) in [7, 11) is 1.66. The Kier molecular flexibility index (Phi) is 4.26. The number of aromatic nitrogens is 1. The Labute approximate surface area is 110 Å². The number of nitrogens with two attached hydrogens (primary N) is 1. The zero-order valence-electron chi connectivity index (χ0n) is 11.1. The maximum atomic E-state index is 11.2. The summed E-state index contributed by atoms with van der Waals surface area (Å²) in [5, 5.41) is 16.5. The summed E-state index contributed by atoms with van der Waals surface area (Å²) in [5.41, 5.74) is 4.26. The molecule has 1 heterocycles. The Hall–Kier alpha value is -2.38. The molecule has 0 saturated carbocycles. The fraction of sp³-hybridized carbons (Fsp3) is 0.455. The summed E-state index contributed by atoms with van der Waals surface area (Å²) in [6.45, 7) is 3.45. The number of carbonyl (C=O) groups is 1. The molecule has 104 valence electrons. The van der Waals surface area contributed by atoms with Gasteiger partial charge in [0.15, 0.2) is 0 Å². The molecule has 0 saturated heterocycles. The van der Waals surface area contributed by atoms with Crippen LogP contribution in [0.1, 0.15) is 13.8 Å². The lowest BCUT2D eigenvalue weighted by atomic mass is 9.93. The number of anilines is 2. The van der Waals surface area contributed by atoms with Crippen LogP contribution < -0.4 is 16.4 Å². The molecule has 1 amide bonds. The van der Waals surface area contributed by atoms with E-state index in [0.29, 0.717) is 5.82 Å². The quantitative estimate of drug-likeness (QED) is 0.521. The smallest absolute Gasteiger partial charge is 0.311 e. The SMILES string of the molecule is CNc1ccc([N+](=O)[O-])c(NCC(C)(C)C(N)=O)n1. The van der Waals surface area contributed by atoms with Gasteiger partial charge in [-0.25, -0.2) is 4.98 Å². The molecule has 0 aliphatic carbocycles. The summed E-state index contributed by atoms with van der Waals surface area (Å²) >= 11 is 0. The molecule has 4 N–H and O–H groups in total. The molecular formula is C11H17N5O3. The molecule has 0 aliphatic heterocycles. The van der Waals surface area contributed by atoms with Crippen molar-refractivity contribution in [3.05, 3.63) is 22.2 Å². The largest absolute Gasteiger partial charge is 0.373 e. The van der Waals surface area contributed by atoms with Gasteiger partial charge in [0.05, 0.1) is 10.3 Å². The lowest BCUT2D eigenvalue weighted by molar-refractivity contribution is -0.384. The van der Waals surface area contributed by atoms with Gasteiger partial charge in [-0.1, -0.05) is 0 Å². The van der Waals surface area contributed by atoms with Crippen LogP contribution in [0.2, 0.25) is 0 Å². The highest BCUT2D eigenvalue weighted by molar-refractivity contribution is 5.80. The van der Waals surface area contributed by atoms with Gasteiger partial charge in [-0.15, -0.1) is 0 Å². The number of hydrogen-bond acceptors (Lipinski definition) is 6. The molecule has 0 spiro atoms. The minimum atomic E-state index is -0.828. The molecule has 0 aliphatic rings. The van der Waals surface area contributed by atoms with E-state index >= 15 is 0 Å². The number of nitrogens with one attached hydrogen (secondary N) is 2. The van der Waals surface area contributed by atoms with Gasteiger partial charge < -0.3 is 16.4 Å². The summed E-state index contributed by atoms with van der Waals surface area (Å²) in [4.78, 5) is 25.6. The third-order valence-corrected chi connectivity index (χ3v) is 2.69. The van der Waals surface area contributed by atoms with Gasteiger partial charge in [-0.05, 0) is 19.9 Å². The van der Waals surface area contributed by atoms with Crippen molar-refractivity contribution in [2.24, 2.45) is 11.1 Å². The predicted molar refractivity (Wildman–Crippen MR) is 71.9 cm³/mol. The number of carbonyl (C=O) groups excluding carboxylic acids is 1. The second-order valence-electron chi connectivity index (χ2n) is 4.67. The summed E-state index contributed by atoms with van der Waals surface area (Å²) < 4.78 is 0. The number of nitrogens with zero attached hydrogens (tertiary/aromatic N) is 2. The number of amides is 1. The second-order valence-corrected chi connectivity index (χ2v) is 4.67. The maximum absolute atomic E-state index is 11.2. The van der Waals surface area contributed by atoms with Crippen molar-refractivity contribution in [2.75, 3.05) is 24.2 Å². The van der Waals surface area contributed by atoms with Crippen molar-refractivity contribution in [3.63, 3.8) is 0 Å². The van der Waals surface area contributed by atoms with E-state index in [-0.39, 0.29) is 18.1 Å². The molecule has 8 heteroatoms. The number of rotatable bonds is 6. The molecule has 1 aromatic rings. The Balaban J connectivity index is 2.98. The van der Waals surface area contributed by atoms with Crippen LogP contribution in [0, 0.1) is 15.5 Å². The van der Waals surface area contributed by atoms with Crippen molar-refractivity contribution in [1.82, 2.24) is 4.98 Å². The third-order valence-electron chi connectivity index (χ3n) is 2.69. The van der Waals surface area contributed by atoms with E-state index in [1.54, 1.807) is 20.9 Å². The predicted octanol–water partition coefficient (Wildman–Crippen LogP) is 0.955. The van der Waals surface area contributed by atoms with Gasteiger partial charge in [0.1, 0.15) is 5.82 Å². The number of primary amides is 1. The molecule has 1 aromatic heterocycles. The van der Waals surface area contributed by atoms with E-state index in [9.17, 15) is 14.9 Å². The first-order valence-electron chi connectivity index (χ1n) is 5.65. The molecule has 0 radical (unpaired) electrons. The van der Waals surface area contributed by atoms with E-state index in [0.717, 1.165) is 0 Å². The fourth-order valence-corrected chi connectivity index (χ4v) is 1.26. The van der Waals surface area contributed by atoms with E-state index in [2.05, 4.69) is 15.6 Å². The first-order valence-corrected chi connectivity index (χ1v) is 5.65. The van der Waals surface area contributed by atoms with Crippen molar-refractivity contribution in [1.29, 1.82) is 0 Å². The highest BCUT2D eigenvalue weighted by atomic mass is 16.6. The van der Waals surface area contributed by atoms with Crippen LogP contribution in [0.4, 0.5) is 17.3 Å². The standard InChI is InChI=1S/C11H17N5O3/c1-11(2,10(12)17)6-14-9-7(16(18)19)4-5-8(13-3)15-9/h4-5H,6H2,1-3H3,(H2,12,17)(H2,13,14,15). The molecule has 0 unspecified atom stereocenters. The van der Waals surface area contributed by atoms with E-state index in [1.807, 2.05) is 0 Å². The zero-order valence-corrected chi connectivity index (χ0v) is 11.1. The van der Waals surface area contributed by atoms with Gasteiger partial charge in [0.2, 0.25) is 11.7 Å². The highest BCUT2D eigenvalue weighted by Gasteiger charge is 2.26. The van der Waals surface area contributed by atoms with Gasteiger partial charge in [0.25, 0.3) is 0 Å². The normalized spacial score (nSPS) is 10.9. The van der Waals surface area contributed by atoms with E-state index in [4.69, 9.17) is 5.73 Å². The average molecular weight is 267 g/mol. The molecule has 0 bridgehead atoms. The average Bonchev–Trinajstić information content (AvgIpc) is 2.35. The van der Waals surface area contributed by atoms with Crippen LogP contribution in [-0.4, -0.2) is 29.4 Å². The molecule has 0 atom stereocenters. The van der Waals surface area contributed by atoms with Crippen molar-refractivity contribution < 1.29 is 9.72 Å². The van der Waals surface area contributed by atoms with Crippen LogP contribution in [0.25, 0.3) is 0 Å². The summed E-state index contributed by atoms with van der Waals surface area (Å²) in [6, 6.07) is 2.85. The Morgan fingerprint density at radius 2 is 2.16 bits per heavy atom. The van der Waals surface area contributed by atoms with E-state index < -0.39 is 16.2 Å². The minimum Gasteiger partial charge on any atom is -0.373 e. The Morgan fingerprint density at radius 3 is 2.63 bits per heavy atom. The first kappa shape index (κ1) is 14.7. The maximum Gasteiger partial charge on any atom is 0.311 e. The van der Waals surface area contributed by atoms with Gasteiger partial charge in [-0.3, -0.25) is 14.9 Å². The first-order chi connectivity index (χ1) is 8.77. The van der Waals surface area contributed by atoms with Crippen LogP contribution in [0.15, 0.2) is 12.1 Å². The molecule has 1 rings (SSSR count). The lowest BCUT2D eigenvalue weighted by Crippen LogP contribution is -2.37. The van der Waals surface area contributed by atoms with Crippen molar-refractivity contribution in [3.8, 4) is 0 Å². The van der Waals surface area contributed by atoms with Crippen LogP contribution >= 0.6 is 0 Å². The summed E-state index contributed by atoms with van der Waals surface area (Å²) in [5.74, 6) is 0.101. The molecule has 8 nitrogen and oxygen atoms in total. The number of pyridine rings is 1. The van der Waals surface area contributed by atoms with Crippen LogP contribution in [-0.2, 0) is 4.79 Å². The molecule has 19 heavy (non-hydrogen) atoms. The van der Waals surface area contributed by atoms with Crippen molar-refractivity contribution in [2.45, 2.75) is 13.8 Å². The number of hydrogen-bond donors (Lipinski definition) is 3. The molecular weight excluding hydrogens is 250 g/mol. The highest BCUT2D eigenvalue weighted by Crippen LogP contribution is 2.25. The Morgan fingerprint density at radius 1 is 1.53 bits per heavy atom. The van der Waals surface area contributed by atoms with Gasteiger partial charge >= 0.3 is 5.69 Å². The van der Waals surface area contributed by atoms with Gasteiger partial charge in [0, 0.05) is 19.7 Å². The minimum absolute atomic E-state index is 0.103. The second kappa shape index (κ2) is 5.51. The molecule has 0 fully saturated rings. The fourth-order valence-electron chi connectivity index (χ4n) is 1.26. The summed E-state index contributed by atoms with van der Waals surface area (Å²) in [6.07, 6.45) is 0. The van der Waals surface area contributed by atoms with Crippen LogP contribution in [0.5, 0.6) is 0 Å². The monoisotopic (exact) mass is 267 g/mol. The van der Waals surface area contributed by atoms with Gasteiger partial charge in [-0.2, -0.15) is 0 Å². The Bertz CT molecular complexity index is 501. The lowest BCUT2D eigenvalue weighted by Gasteiger charge is -2.21. The third kappa shape index (κ3) is 3.54. The van der Waals surface area contributed by atoms with Crippen molar-refractivity contribution >= 4 is 23.2 Å². The zero-order chi connectivity index (χ0) is 14.6. The topological polar surface area (TPSA) is 123 Å². The molecule has 0 aromatic carbocycles. The number of nitro groups is 1. The van der Waals surface area contributed by atoms with E-state index in [1.165, 1.54) is 12.1 Å².